The summed E-state index contributed by atoms with van der Waals surface area (Å²) < 4.78 is 0. The minimum Gasteiger partial charge on any atom is -0.338 e. The monoisotopic (exact) mass is 266 g/mol. The second-order valence-corrected chi connectivity index (χ2v) is 6.96. The van der Waals surface area contributed by atoms with E-state index in [2.05, 4.69) is 31.0 Å². The van der Waals surface area contributed by atoms with Crippen molar-refractivity contribution in [3.8, 4) is 0 Å². The molecule has 1 heterocycles. The molecule has 1 saturated heterocycles. The molecule has 1 amide bonds. The van der Waals surface area contributed by atoms with Crippen LogP contribution in [-0.4, -0.2) is 36.0 Å². The average molecular weight is 266 g/mol. The number of hydrogen-bond donors (Lipinski definition) is 1. The number of rotatable bonds is 4. The molecule has 0 radical (unpaired) electrons. The zero-order chi connectivity index (χ0) is 13.8. The van der Waals surface area contributed by atoms with Crippen LogP contribution in [0.2, 0.25) is 0 Å². The summed E-state index contributed by atoms with van der Waals surface area (Å²) in [5, 5.41) is 3.44. The van der Waals surface area contributed by atoms with Gasteiger partial charge in [-0.15, -0.1) is 0 Å². The van der Waals surface area contributed by atoms with Gasteiger partial charge < -0.3 is 10.2 Å². The van der Waals surface area contributed by atoms with Gasteiger partial charge in [0, 0.05) is 12.6 Å². The summed E-state index contributed by atoms with van der Waals surface area (Å²) in [7, 11) is 0. The van der Waals surface area contributed by atoms with E-state index < -0.39 is 0 Å². The van der Waals surface area contributed by atoms with Crippen LogP contribution in [0.4, 0.5) is 0 Å². The van der Waals surface area contributed by atoms with Crippen LogP contribution in [0, 0.1) is 11.8 Å². The lowest BCUT2D eigenvalue weighted by Crippen LogP contribution is -2.53. The van der Waals surface area contributed by atoms with Crippen LogP contribution in [0.5, 0.6) is 0 Å². The Morgan fingerprint density at radius 1 is 1.26 bits per heavy atom. The molecule has 0 spiro atoms. The van der Waals surface area contributed by atoms with Gasteiger partial charge in [0.2, 0.25) is 5.91 Å². The highest BCUT2D eigenvalue weighted by Crippen LogP contribution is 2.26. The van der Waals surface area contributed by atoms with Gasteiger partial charge in [-0.2, -0.15) is 0 Å². The van der Waals surface area contributed by atoms with Crippen LogP contribution < -0.4 is 5.32 Å². The van der Waals surface area contributed by atoms with Crippen LogP contribution >= 0.6 is 0 Å². The molecule has 110 valence electrons. The summed E-state index contributed by atoms with van der Waals surface area (Å²) in [4.78, 5) is 15.0. The van der Waals surface area contributed by atoms with E-state index in [9.17, 15) is 4.79 Å². The molecule has 3 nitrogen and oxygen atoms in total. The fourth-order valence-electron chi connectivity index (χ4n) is 3.52. The first-order valence-corrected chi connectivity index (χ1v) is 8.11. The third-order valence-corrected chi connectivity index (χ3v) is 4.57. The average Bonchev–Trinajstić information content (AvgIpc) is 2.88. The Morgan fingerprint density at radius 2 is 1.95 bits per heavy atom. The summed E-state index contributed by atoms with van der Waals surface area (Å²) in [5.74, 6) is 1.61. The second kappa shape index (κ2) is 6.74. The number of carbonyl (C=O) groups is 1. The standard InChI is InChI=1S/C16H30N2O/c1-12(2)11-18(14-6-4-5-7-14)16(19)15-10-13(3)8-9-17-15/h12-15,17H,4-11H2,1-3H3. The molecule has 2 aliphatic rings. The number of carbonyl (C=O) groups excluding carboxylic acids is 1. The predicted octanol–water partition coefficient (Wildman–Crippen LogP) is 2.80. The van der Waals surface area contributed by atoms with Crippen LogP contribution in [-0.2, 0) is 4.79 Å². The maximum Gasteiger partial charge on any atom is 0.239 e. The lowest BCUT2D eigenvalue weighted by molar-refractivity contribution is -0.137. The molecule has 19 heavy (non-hydrogen) atoms. The maximum absolute atomic E-state index is 12.8. The van der Waals surface area contributed by atoms with Gasteiger partial charge in [-0.05, 0) is 44.1 Å². The number of amides is 1. The Labute approximate surface area is 118 Å². The zero-order valence-corrected chi connectivity index (χ0v) is 12.8. The summed E-state index contributed by atoms with van der Waals surface area (Å²) in [6.07, 6.45) is 7.22. The molecule has 1 aliphatic heterocycles. The van der Waals surface area contributed by atoms with Crippen LogP contribution in [0.15, 0.2) is 0 Å². The molecule has 1 saturated carbocycles. The van der Waals surface area contributed by atoms with Crippen LogP contribution in [0.3, 0.4) is 0 Å². The van der Waals surface area contributed by atoms with Crippen molar-refractivity contribution < 1.29 is 4.79 Å². The molecule has 0 bridgehead atoms. The van der Waals surface area contributed by atoms with E-state index in [0.717, 1.165) is 19.5 Å². The molecule has 2 unspecified atom stereocenters. The Kier molecular flexibility index (Phi) is 5.26. The van der Waals surface area contributed by atoms with E-state index in [1.165, 1.54) is 32.1 Å². The van der Waals surface area contributed by atoms with Gasteiger partial charge in [-0.1, -0.05) is 33.6 Å². The van der Waals surface area contributed by atoms with Crippen molar-refractivity contribution in [2.45, 2.75) is 71.4 Å². The third kappa shape index (κ3) is 3.95. The minimum absolute atomic E-state index is 0.0723. The first kappa shape index (κ1) is 14.8. The van der Waals surface area contributed by atoms with Crippen molar-refractivity contribution >= 4 is 5.91 Å². The summed E-state index contributed by atoms with van der Waals surface area (Å²) >= 11 is 0. The largest absolute Gasteiger partial charge is 0.338 e. The van der Waals surface area contributed by atoms with Crippen molar-refractivity contribution in [2.75, 3.05) is 13.1 Å². The molecular weight excluding hydrogens is 236 g/mol. The topological polar surface area (TPSA) is 32.3 Å². The van der Waals surface area contributed by atoms with Gasteiger partial charge in [0.05, 0.1) is 6.04 Å². The van der Waals surface area contributed by atoms with Crippen molar-refractivity contribution in [3.05, 3.63) is 0 Å². The van der Waals surface area contributed by atoms with Crippen molar-refractivity contribution in [1.82, 2.24) is 10.2 Å². The fourth-order valence-corrected chi connectivity index (χ4v) is 3.52. The zero-order valence-electron chi connectivity index (χ0n) is 12.8. The van der Waals surface area contributed by atoms with Gasteiger partial charge in [-0.25, -0.2) is 0 Å². The highest BCUT2D eigenvalue weighted by atomic mass is 16.2. The van der Waals surface area contributed by atoms with Gasteiger partial charge in [-0.3, -0.25) is 4.79 Å². The van der Waals surface area contributed by atoms with Gasteiger partial charge in [0.1, 0.15) is 0 Å². The Balaban J connectivity index is 2.01. The predicted molar refractivity (Wildman–Crippen MR) is 79.0 cm³/mol. The highest BCUT2D eigenvalue weighted by Gasteiger charge is 2.33. The van der Waals surface area contributed by atoms with Crippen LogP contribution in [0.25, 0.3) is 0 Å². The summed E-state index contributed by atoms with van der Waals surface area (Å²) in [6, 6.07) is 0.581. The number of piperidine rings is 1. The minimum atomic E-state index is 0.0723. The molecule has 0 aromatic heterocycles. The molecule has 2 rings (SSSR count). The van der Waals surface area contributed by atoms with E-state index in [1.54, 1.807) is 0 Å². The molecule has 0 aromatic carbocycles. The quantitative estimate of drug-likeness (QED) is 0.848. The Hall–Kier alpha value is -0.570. The molecule has 2 fully saturated rings. The van der Waals surface area contributed by atoms with Gasteiger partial charge in [0.25, 0.3) is 0 Å². The van der Waals surface area contributed by atoms with Crippen molar-refractivity contribution in [3.63, 3.8) is 0 Å². The highest BCUT2D eigenvalue weighted by molar-refractivity contribution is 5.82. The van der Waals surface area contributed by atoms with Crippen molar-refractivity contribution in [2.24, 2.45) is 11.8 Å². The summed E-state index contributed by atoms with van der Waals surface area (Å²) in [6.45, 7) is 8.62. The van der Waals surface area contributed by atoms with E-state index in [-0.39, 0.29) is 6.04 Å². The first-order valence-electron chi connectivity index (χ1n) is 8.11. The van der Waals surface area contributed by atoms with E-state index in [1.807, 2.05) is 0 Å². The normalized spacial score (nSPS) is 28.8. The molecule has 0 aromatic rings. The molecular formula is C16H30N2O. The van der Waals surface area contributed by atoms with E-state index in [4.69, 9.17) is 0 Å². The first-order chi connectivity index (χ1) is 9.08. The van der Waals surface area contributed by atoms with Crippen LogP contribution in [0.1, 0.15) is 59.3 Å². The Morgan fingerprint density at radius 3 is 2.53 bits per heavy atom. The molecule has 1 aliphatic carbocycles. The van der Waals surface area contributed by atoms with E-state index >= 15 is 0 Å². The number of hydrogen-bond acceptors (Lipinski definition) is 2. The second-order valence-electron chi connectivity index (χ2n) is 6.96. The lowest BCUT2D eigenvalue weighted by Gasteiger charge is -2.36. The van der Waals surface area contributed by atoms with Gasteiger partial charge >= 0.3 is 0 Å². The van der Waals surface area contributed by atoms with Crippen molar-refractivity contribution in [1.29, 1.82) is 0 Å². The molecule has 1 N–H and O–H groups in total. The number of nitrogens with zero attached hydrogens (tertiary/aromatic N) is 1. The maximum atomic E-state index is 12.8. The number of nitrogens with one attached hydrogen (secondary N) is 1. The third-order valence-electron chi connectivity index (χ3n) is 4.57. The lowest BCUT2D eigenvalue weighted by atomic mass is 9.93. The Bertz CT molecular complexity index is 297. The van der Waals surface area contributed by atoms with Gasteiger partial charge in [0.15, 0.2) is 0 Å². The molecule has 2 atom stereocenters. The van der Waals surface area contributed by atoms with E-state index in [0.29, 0.717) is 23.8 Å². The molecule has 3 heteroatoms. The summed E-state index contributed by atoms with van der Waals surface area (Å²) in [5.41, 5.74) is 0. The smallest absolute Gasteiger partial charge is 0.239 e. The SMILES string of the molecule is CC(C)CN(C(=O)C1CC(C)CCN1)C1CCCC1. The fraction of sp³-hybridized carbons (Fsp3) is 0.938.